The number of nitrogens with zero attached hydrogens (tertiary/aromatic N) is 2. The van der Waals surface area contributed by atoms with Crippen molar-refractivity contribution in [2.75, 3.05) is 0 Å². The lowest BCUT2D eigenvalue weighted by Gasteiger charge is -2.37. The number of fused-ring (bicyclic) bond motifs is 1. The van der Waals surface area contributed by atoms with Gasteiger partial charge in [0.1, 0.15) is 29.2 Å². The predicted molar refractivity (Wildman–Crippen MR) is 138 cm³/mol. The van der Waals surface area contributed by atoms with Crippen LogP contribution in [0, 0.1) is 0 Å². The third-order valence-electron chi connectivity index (χ3n) is 8.03. The van der Waals surface area contributed by atoms with Crippen LogP contribution in [-0.2, 0) is 0 Å². The summed E-state index contributed by atoms with van der Waals surface area (Å²) in [6, 6.07) is 12.5. The Kier molecular flexibility index (Phi) is 6.21. The Bertz CT molecular complexity index is 1050. The summed E-state index contributed by atoms with van der Waals surface area (Å²) in [5, 5.41) is 22.8. The molecule has 188 valence electrons. The maximum atomic E-state index is 8.62. The SMILES string of the molecule is CC1(C)CCC(Oc2ccc3ccc(OC4CC(C)(C)N([OH2+])C4(C)C)cc3c2)CC(C)(C)N1[OH2+]. The van der Waals surface area contributed by atoms with Crippen molar-refractivity contribution in [2.24, 2.45) is 0 Å². The van der Waals surface area contributed by atoms with Crippen molar-refractivity contribution in [1.29, 1.82) is 0 Å². The van der Waals surface area contributed by atoms with Crippen LogP contribution in [0.25, 0.3) is 10.8 Å². The van der Waals surface area contributed by atoms with Crippen molar-refractivity contribution in [1.82, 2.24) is 10.1 Å². The summed E-state index contributed by atoms with van der Waals surface area (Å²) in [5.74, 6) is 1.69. The summed E-state index contributed by atoms with van der Waals surface area (Å²) >= 11 is 0. The lowest BCUT2D eigenvalue weighted by atomic mass is 9.95. The summed E-state index contributed by atoms with van der Waals surface area (Å²) in [4.78, 5) is 0. The summed E-state index contributed by atoms with van der Waals surface area (Å²) in [5.41, 5.74) is -1.01. The third-order valence-corrected chi connectivity index (χ3v) is 8.03. The molecule has 2 fully saturated rings. The largest absolute Gasteiger partial charge is 0.490 e. The van der Waals surface area contributed by atoms with Crippen LogP contribution in [0.15, 0.2) is 36.4 Å². The minimum atomic E-state index is -0.366. The fraction of sp³-hybridized carbons (Fsp3) is 0.643. The van der Waals surface area contributed by atoms with Gasteiger partial charge in [0.15, 0.2) is 0 Å². The molecule has 2 atom stereocenters. The van der Waals surface area contributed by atoms with E-state index in [-0.39, 0.29) is 34.4 Å². The standard InChI is InChI=1S/C28H42N2O4/c1-25(2)14-13-23(17-26(3,4)29(25)31)33-21-11-9-19-10-12-22(16-20(19)15-21)34-24-18-27(5,6)30(32)28(24,7)8/h9-12,15-16,23-24,31-32H,13-14,17-18H2,1-8H3/p+2. The van der Waals surface area contributed by atoms with Crippen molar-refractivity contribution in [3.8, 4) is 11.5 Å². The van der Waals surface area contributed by atoms with Crippen LogP contribution in [0.5, 0.6) is 11.5 Å². The van der Waals surface area contributed by atoms with E-state index >= 15 is 0 Å². The molecule has 0 bridgehead atoms. The van der Waals surface area contributed by atoms with Gasteiger partial charge < -0.3 is 19.9 Å². The Morgan fingerprint density at radius 1 is 0.706 bits per heavy atom. The molecule has 2 saturated heterocycles. The van der Waals surface area contributed by atoms with Crippen molar-refractivity contribution in [3.05, 3.63) is 36.4 Å². The van der Waals surface area contributed by atoms with Gasteiger partial charge in [-0.15, -0.1) is 0 Å². The molecule has 0 saturated carbocycles. The zero-order valence-electron chi connectivity index (χ0n) is 22.2. The van der Waals surface area contributed by atoms with Crippen molar-refractivity contribution in [2.45, 2.75) is 115 Å². The van der Waals surface area contributed by atoms with Crippen LogP contribution in [0.3, 0.4) is 0 Å². The second-order valence-electron chi connectivity index (χ2n) is 12.7. The lowest BCUT2D eigenvalue weighted by Crippen LogP contribution is -2.52. The molecule has 2 aliphatic heterocycles. The summed E-state index contributed by atoms with van der Waals surface area (Å²) in [6.07, 6.45) is 3.51. The van der Waals surface area contributed by atoms with E-state index in [0.717, 1.165) is 48.0 Å². The molecule has 2 aliphatic rings. The molecule has 2 heterocycles. The van der Waals surface area contributed by atoms with E-state index in [9.17, 15) is 0 Å². The summed E-state index contributed by atoms with van der Waals surface area (Å²) in [7, 11) is 0. The molecule has 2 aromatic rings. The van der Waals surface area contributed by atoms with Crippen LogP contribution >= 0.6 is 0 Å². The van der Waals surface area contributed by atoms with Crippen LogP contribution in [0.4, 0.5) is 0 Å². The number of ether oxygens (including phenoxy) is 2. The van der Waals surface area contributed by atoms with Gasteiger partial charge >= 0.3 is 0 Å². The first-order valence-electron chi connectivity index (χ1n) is 12.5. The normalized spacial score (nSPS) is 28.5. The van der Waals surface area contributed by atoms with Gasteiger partial charge in [-0.05, 0) is 103 Å². The van der Waals surface area contributed by atoms with E-state index in [1.54, 1.807) is 10.1 Å². The molecule has 0 amide bonds. The van der Waals surface area contributed by atoms with Gasteiger partial charge in [0.2, 0.25) is 0 Å². The Morgan fingerprint density at radius 2 is 1.26 bits per heavy atom. The van der Waals surface area contributed by atoms with Gasteiger partial charge in [0.25, 0.3) is 0 Å². The molecule has 0 aliphatic carbocycles. The molecule has 2 aromatic carbocycles. The van der Waals surface area contributed by atoms with Gasteiger partial charge in [-0.3, -0.25) is 0 Å². The smallest absolute Gasteiger partial charge is 0.125 e. The number of benzene rings is 2. The van der Waals surface area contributed by atoms with E-state index in [4.69, 9.17) is 19.9 Å². The number of hydroxylamine groups is 4. The quantitative estimate of drug-likeness (QED) is 0.592. The Morgan fingerprint density at radius 3 is 1.82 bits per heavy atom. The monoisotopic (exact) mass is 472 g/mol. The number of rotatable bonds is 4. The van der Waals surface area contributed by atoms with Crippen LogP contribution in [0.2, 0.25) is 0 Å². The number of hydrogen-bond donors (Lipinski definition) is 0. The van der Waals surface area contributed by atoms with E-state index in [1.807, 2.05) is 12.1 Å². The minimum Gasteiger partial charge on any atom is -0.490 e. The highest BCUT2D eigenvalue weighted by Crippen LogP contribution is 2.42. The maximum Gasteiger partial charge on any atom is 0.125 e. The van der Waals surface area contributed by atoms with Crippen LogP contribution < -0.4 is 9.47 Å². The first-order valence-corrected chi connectivity index (χ1v) is 12.5. The van der Waals surface area contributed by atoms with E-state index in [1.165, 1.54) is 0 Å². The zero-order valence-corrected chi connectivity index (χ0v) is 22.2. The van der Waals surface area contributed by atoms with Gasteiger partial charge in [-0.1, -0.05) is 22.3 Å². The first kappa shape index (κ1) is 25.2. The van der Waals surface area contributed by atoms with Crippen LogP contribution in [0.1, 0.15) is 81.1 Å². The molecule has 4 rings (SSSR count). The fourth-order valence-electron chi connectivity index (χ4n) is 5.91. The van der Waals surface area contributed by atoms with Gasteiger partial charge in [-0.2, -0.15) is 0 Å². The highest BCUT2D eigenvalue weighted by Gasteiger charge is 2.56. The third kappa shape index (κ3) is 4.66. The Balaban J connectivity index is 1.53. The molecular weight excluding hydrogens is 428 g/mol. The second kappa shape index (κ2) is 8.37. The van der Waals surface area contributed by atoms with Crippen molar-refractivity contribution < 1.29 is 19.9 Å². The van der Waals surface area contributed by atoms with Gasteiger partial charge in [0, 0.05) is 12.8 Å². The molecule has 6 nitrogen and oxygen atoms in total. The minimum absolute atomic E-state index is 0.0544. The molecule has 4 N–H and O–H groups in total. The van der Waals surface area contributed by atoms with E-state index in [2.05, 4.69) is 79.7 Å². The topological polar surface area (TPSA) is 70.7 Å². The highest BCUT2D eigenvalue weighted by atomic mass is 16.5. The van der Waals surface area contributed by atoms with E-state index < -0.39 is 0 Å². The van der Waals surface area contributed by atoms with Crippen molar-refractivity contribution in [3.63, 3.8) is 0 Å². The molecule has 0 radical (unpaired) electrons. The van der Waals surface area contributed by atoms with Crippen LogP contribution in [-0.4, -0.2) is 54.9 Å². The molecule has 0 aromatic heterocycles. The molecule has 0 spiro atoms. The number of hydrogen-bond acceptors (Lipinski definition) is 4. The highest BCUT2D eigenvalue weighted by molar-refractivity contribution is 5.85. The zero-order chi connectivity index (χ0) is 25.1. The molecule has 2 unspecified atom stereocenters. The summed E-state index contributed by atoms with van der Waals surface area (Å²) in [6.45, 7) is 16.9. The average molecular weight is 473 g/mol. The first-order chi connectivity index (χ1) is 15.6. The molecular formula is C28H44N2O4+2. The van der Waals surface area contributed by atoms with E-state index in [0.29, 0.717) is 0 Å². The average Bonchev–Trinajstić information content (AvgIpc) is 2.84. The Labute approximate surface area is 204 Å². The maximum absolute atomic E-state index is 8.62. The summed E-state index contributed by atoms with van der Waals surface area (Å²) < 4.78 is 12.9. The fourth-order valence-corrected chi connectivity index (χ4v) is 5.91. The Hall–Kier alpha value is -1.86. The van der Waals surface area contributed by atoms with Gasteiger partial charge in [0.05, 0.1) is 16.6 Å². The second-order valence-corrected chi connectivity index (χ2v) is 12.7. The lowest BCUT2D eigenvalue weighted by molar-refractivity contribution is -0.222. The van der Waals surface area contributed by atoms with Crippen molar-refractivity contribution >= 4 is 10.8 Å². The van der Waals surface area contributed by atoms with Gasteiger partial charge in [-0.25, -0.2) is 0 Å². The molecule has 34 heavy (non-hydrogen) atoms. The predicted octanol–water partition coefficient (Wildman–Crippen LogP) is 4.92. The molecule has 6 heteroatoms.